The maximum atomic E-state index is 10.6. The zero-order valence-corrected chi connectivity index (χ0v) is 6.84. The van der Waals surface area contributed by atoms with Gasteiger partial charge in [-0.25, -0.2) is 4.79 Å². The van der Waals surface area contributed by atoms with Crippen LogP contribution in [0.15, 0.2) is 28.7 Å². The molecular weight excluding hydrogens is 180 g/mol. The van der Waals surface area contributed by atoms with Crippen molar-refractivity contribution in [2.45, 2.75) is 6.42 Å². The Labute approximate surface area is 69.6 Å². The van der Waals surface area contributed by atoms with E-state index in [0.29, 0.717) is 0 Å². The first-order chi connectivity index (χ1) is 5.55. The standard InChI is InChI=1S/C7H6O4S/c8-5-6-3-1-2-4-7(6)12(9,10)11/h1-2,4H,3H2,(H,9,10,11). The van der Waals surface area contributed by atoms with Crippen molar-refractivity contribution in [1.82, 2.24) is 0 Å². The summed E-state index contributed by atoms with van der Waals surface area (Å²) in [6, 6.07) is 0. The van der Waals surface area contributed by atoms with Crippen LogP contribution in [0.4, 0.5) is 0 Å². The Hall–Kier alpha value is -1.16. The van der Waals surface area contributed by atoms with Crippen molar-refractivity contribution in [2.75, 3.05) is 0 Å². The van der Waals surface area contributed by atoms with Crippen LogP contribution in [0.1, 0.15) is 6.42 Å². The van der Waals surface area contributed by atoms with Gasteiger partial charge in [-0.3, -0.25) is 4.55 Å². The van der Waals surface area contributed by atoms with Gasteiger partial charge in [0.1, 0.15) is 10.8 Å². The molecule has 0 radical (unpaired) electrons. The summed E-state index contributed by atoms with van der Waals surface area (Å²) in [5.74, 6) is 1.47. The van der Waals surface area contributed by atoms with Crippen LogP contribution >= 0.6 is 0 Å². The van der Waals surface area contributed by atoms with Gasteiger partial charge in [-0.2, -0.15) is 8.42 Å². The zero-order valence-electron chi connectivity index (χ0n) is 6.02. The minimum atomic E-state index is -4.28. The second kappa shape index (κ2) is 3.06. The van der Waals surface area contributed by atoms with Gasteiger partial charge in [-0.1, -0.05) is 12.2 Å². The molecule has 0 spiro atoms. The SMILES string of the molecule is O=C=C1CC=CC=C1S(=O)(=O)O. The first kappa shape index (κ1) is 8.93. The van der Waals surface area contributed by atoms with Gasteiger partial charge in [-0.05, 0) is 6.08 Å². The van der Waals surface area contributed by atoms with E-state index >= 15 is 0 Å². The summed E-state index contributed by atoms with van der Waals surface area (Å²) in [5.41, 5.74) is -0.0417. The summed E-state index contributed by atoms with van der Waals surface area (Å²) in [4.78, 5) is 9.84. The Morgan fingerprint density at radius 1 is 1.50 bits per heavy atom. The van der Waals surface area contributed by atoms with E-state index in [2.05, 4.69) is 0 Å². The lowest BCUT2D eigenvalue weighted by atomic mass is 10.1. The number of allylic oxidation sites excluding steroid dienone is 4. The number of hydrogen-bond acceptors (Lipinski definition) is 3. The molecule has 0 bridgehead atoms. The fourth-order valence-corrected chi connectivity index (χ4v) is 1.56. The van der Waals surface area contributed by atoms with Crippen molar-refractivity contribution in [1.29, 1.82) is 0 Å². The third kappa shape index (κ3) is 1.71. The molecule has 1 aliphatic rings. The minimum Gasteiger partial charge on any atom is -0.282 e. The molecular formula is C7H6O4S. The molecule has 1 aliphatic carbocycles. The Kier molecular flexibility index (Phi) is 2.28. The number of carbonyl (C=O) groups excluding carboxylic acids is 1. The first-order valence-corrected chi connectivity index (χ1v) is 4.58. The lowest BCUT2D eigenvalue weighted by Gasteiger charge is -2.05. The van der Waals surface area contributed by atoms with Crippen molar-refractivity contribution in [2.24, 2.45) is 0 Å². The molecule has 12 heavy (non-hydrogen) atoms. The number of hydrogen-bond donors (Lipinski definition) is 1. The van der Waals surface area contributed by atoms with Crippen molar-refractivity contribution in [3.8, 4) is 0 Å². The van der Waals surface area contributed by atoms with E-state index in [1.807, 2.05) is 0 Å². The van der Waals surface area contributed by atoms with Gasteiger partial charge in [0.25, 0.3) is 10.1 Å². The third-order valence-corrected chi connectivity index (χ3v) is 2.34. The maximum absolute atomic E-state index is 10.6. The van der Waals surface area contributed by atoms with Crippen molar-refractivity contribution in [3.63, 3.8) is 0 Å². The van der Waals surface area contributed by atoms with Gasteiger partial charge in [0.15, 0.2) is 0 Å². The second-order valence-electron chi connectivity index (χ2n) is 2.22. The van der Waals surface area contributed by atoms with Crippen LogP contribution < -0.4 is 0 Å². The van der Waals surface area contributed by atoms with Crippen LogP contribution in [0.5, 0.6) is 0 Å². The summed E-state index contributed by atoms with van der Waals surface area (Å²) in [7, 11) is -4.28. The van der Waals surface area contributed by atoms with E-state index in [9.17, 15) is 13.2 Å². The molecule has 0 amide bonds. The predicted octanol–water partition coefficient (Wildman–Crippen LogP) is 0.476. The lowest BCUT2D eigenvalue weighted by molar-refractivity contribution is 0.491. The quantitative estimate of drug-likeness (QED) is 0.477. The summed E-state index contributed by atoms with van der Waals surface area (Å²) in [6.45, 7) is 0. The molecule has 0 aromatic rings. The van der Waals surface area contributed by atoms with Gasteiger partial charge in [-0.15, -0.1) is 0 Å². The highest BCUT2D eigenvalue weighted by Gasteiger charge is 2.19. The molecule has 64 valence electrons. The Morgan fingerprint density at radius 2 is 2.17 bits per heavy atom. The van der Waals surface area contributed by atoms with Crippen LogP contribution in [0, 0.1) is 0 Å². The van der Waals surface area contributed by atoms with Gasteiger partial charge in [0.2, 0.25) is 0 Å². The van der Waals surface area contributed by atoms with Crippen molar-refractivity contribution in [3.05, 3.63) is 28.7 Å². The summed E-state index contributed by atoms with van der Waals surface area (Å²) < 4.78 is 29.8. The Balaban J connectivity index is 3.27. The fourth-order valence-electron chi connectivity index (χ4n) is 0.876. The predicted molar refractivity (Wildman–Crippen MR) is 42.6 cm³/mol. The smallest absolute Gasteiger partial charge is 0.282 e. The molecule has 0 aromatic carbocycles. The molecule has 4 nitrogen and oxygen atoms in total. The zero-order chi connectivity index (χ0) is 9.19. The summed E-state index contributed by atoms with van der Waals surface area (Å²) in [5, 5.41) is 0. The average Bonchev–Trinajstić information content (AvgIpc) is 2.03. The van der Waals surface area contributed by atoms with Crippen LogP contribution in [0.2, 0.25) is 0 Å². The molecule has 0 saturated heterocycles. The largest absolute Gasteiger partial charge is 0.295 e. The fraction of sp³-hybridized carbons (Fsp3) is 0.143. The van der Waals surface area contributed by atoms with Crippen LogP contribution in [-0.2, 0) is 14.9 Å². The van der Waals surface area contributed by atoms with Crippen molar-refractivity contribution >= 4 is 16.1 Å². The highest BCUT2D eigenvalue weighted by atomic mass is 32.2. The molecule has 5 heteroatoms. The van der Waals surface area contributed by atoms with E-state index in [0.717, 1.165) is 0 Å². The van der Waals surface area contributed by atoms with Crippen LogP contribution in [-0.4, -0.2) is 18.9 Å². The van der Waals surface area contributed by atoms with E-state index < -0.39 is 10.1 Å². The Bertz CT molecular complexity index is 393. The summed E-state index contributed by atoms with van der Waals surface area (Å²) in [6.07, 6.45) is 4.42. The Morgan fingerprint density at radius 3 is 2.58 bits per heavy atom. The molecule has 1 rings (SSSR count). The van der Waals surface area contributed by atoms with Crippen LogP contribution in [0.25, 0.3) is 0 Å². The second-order valence-corrected chi connectivity index (χ2v) is 3.61. The van der Waals surface area contributed by atoms with Crippen LogP contribution in [0.3, 0.4) is 0 Å². The van der Waals surface area contributed by atoms with Crippen molar-refractivity contribution < 1.29 is 17.8 Å². The highest BCUT2D eigenvalue weighted by molar-refractivity contribution is 7.90. The molecule has 1 N–H and O–H groups in total. The molecule has 0 fully saturated rings. The summed E-state index contributed by atoms with van der Waals surface area (Å²) >= 11 is 0. The van der Waals surface area contributed by atoms with Gasteiger partial charge in [0.05, 0.1) is 5.57 Å². The minimum absolute atomic E-state index is 0.0417. The molecule has 0 unspecified atom stereocenters. The van der Waals surface area contributed by atoms with Gasteiger partial charge >= 0.3 is 0 Å². The third-order valence-electron chi connectivity index (χ3n) is 1.40. The molecule has 0 heterocycles. The molecule has 0 aliphatic heterocycles. The topological polar surface area (TPSA) is 71.4 Å². The van der Waals surface area contributed by atoms with E-state index in [-0.39, 0.29) is 16.9 Å². The first-order valence-electron chi connectivity index (χ1n) is 3.14. The molecule has 0 aromatic heterocycles. The maximum Gasteiger partial charge on any atom is 0.295 e. The van der Waals surface area contributed by atoms with E-state index in [4.69, 9.17) is 4.55 Å². The molecule has 0 atom stereocenters. The lowest BCUT2D eigenvalue weighted by Crippen LogP contribution is -2.06. The van der Waals surface area contributed by atoms with Gasteiger partial charge < -0.3 is 0 Å². The number of rotatable bonds is 1. The average molecular weight is 186 g/mol. The van der Waals surface area contributed by atoms with E-state index in [1.54, 1.807) is 6.08 Å². The monoisotopic (exact) mass is 186 g/mol. The highest BCUT2D eigenvalue weighted by Crippen LogP contribution is 2.20. The van der Waals surface area contributed by atoms with Gasteiger partial charge in [0, 0.05) is 6.42 Å². The van der Waals surface area contributed by atoms with E-state index in [1.165, 1.54) is 18.1 Å². The normalized spacial score (nSPS) is 17.1. The molecule has 0 saturated carbocycles.